The van der Waals surface area contributed by atoms with Crippen LogP contribution in [0.5, 0.6) is 0 Å². The summed E-state index contributed by atoms with van der Waals surface area (Å²) in [5, 5.41) is 2.77. The molecule has 1 aliphatic carbocycles. The number of carbonyl (C=O) groups excluding carboxylic acids is 1. The molecule has 0 bridgehead atoms. The van der Waals surface area contributed by atoms with Crippen LogP contribution in [0, 0.1) is 5.92 Å². The minimum atomic E-state index is 0. The van der Waals surface area contributed by atoms with Crippen LogP contribution in [0.2, 0.25) is 0 Å². The summed E-state index contributed by atoms with van der Waals surface area (Å²) >= 11 is 0. The second-order valence-electron chi connectivity index (χ2n) is 2.38. The molecule has 0 aliphatic heterocycles. The van der Waals surface area contributed by atoms with Gasteiger partial charge in [0.1, 0.15) is 0 Å². The fourth-order valence-corrected chi connectivity index (χ4v) is 0.610. The molecule has 1 amide bonds. The molecule has 1 aliphatic rings. The molecule has 0 aromatic carbocycles. The van der Waals surface area contributed by atoms with Gasteiger partial charge in [0.2, 0.25) is 5.91 Å². The zero-order valence-electron chi connectivity index (χ0n) is 5.52. The molecule has 1 rings (SSSR count). The van der Waals surface area contributed by atoms with E-state index in [0.717, 1.165) is 12.5 Å². The average Bonchev–Trinajstić information content (AvgIpc) is 2.41. The van der Waals surface area contributed by atoms with E-state index in [0.29, 0.717) is 0 Å². The maximum atomic E-state index is 10.3. The number of rotatable bonds is 2. The van der Waals surface area contributed by atoms with Gasteiger partial charge in [-0.25, -0.2) is 0 Å². The molecule has 0 atom stereocenters. The van der Waals surface area contributed by atoms with Crippen LogP contribution in [0.4, 0.5) is 0 Å². The van der Waals surface area contributed by atoms with Crippen LogP contribution in [-0.4, -0.2) is 12.5 Å². The van der Waals surface area contributed by atoms with E-state index < -0.39 is 0 Å². The van der Waals surface area contributed by atoms with Crippen LogP contribution in [0.15, 0.2) is 0 Å². The summed E-state index contributed by atoms with van der Waals surface area (Å²) in [4.78, 5) is 10.3. The van der Waals surface area contributed by atoms with Crippen molar-refractivity contribution in [1.29, 1.82) is 0 Å². The summed E-state index contributed by atoms with van der Waals surface area (Å²) in [7, 11) is 0. The van der Waals surface area contributed by atoms with Gasteiger partial charge < -0.3 is 5.32 Å². The fourth-order valence-electron chi connectivity index (χ4n) is 0.610. The zero-order chi connectivity index (χ0) is 5.98. The van der Waals surface area contributed by atoms with Crippen LogP contribution in [0.1, 0.15) is 19.8 Å². The second kappa shape index (κ2) is 3.72. The third-order valence-corrected chi connectivity index (χ3v) is 1.34. The summed E-state index contributed by atoms with van der Waals surface area (Å²) in [6, 6.07) is 0. The van der Waals surface area contributed by atoms with Crippen molar-refractivity contribution >= 4 is 18.3 Å². The van der Waals surface area contributed by atoms with Crippen molar-refractivity contribution in [2.45, 2.75) is 19.8 Å². The van der Waals surface area contributed by atoms with Gasteiger partial charge in [-0.05, 0) is 18.8 Å². The maximum absolute atomic E-state index is 10.3. The summed E-state index contributed by atoms with van der Waals surface area (Å²) in [6.45, 7) is 2.46. The quantitative estimate of drug-likeness (QED) is 0.623. The highest BCUT2D eigenvalue weighted by Crippen LogP contribution is 2.27. The number of carbonyl (C=O) groups is 1. The molecule has 0 unspecified atom stereocenters. The summed E-state index contributed by atoms with van der Waals surface area (Å²) in [5.74, 6) is 0.899. The van der Waals surface area contributed by atoms with Crippen molar-refractivity contribution in [1.82, 2.24) is 5.32 Å². The third-order valence-electron chi connectivity index (χ3n) is 1.34. The average molecular weight is 150 g/mol. The van der Waals surface area contributed by atoms with Gasteiger partial charge in [-0.1, -0.05) is 0 Å². The van der Waals surface area contributed by atoms with Gasteiger partial charge in [0.15, 0.2) is 0 Å². The molecule has 0 radical (unpaired) electrons. The van der Waals surface area contributed by atoms with Crippen molar-refractivity contribution in [3.8, 4) is 0 Å². The van der Waals surface area contributed by atoms with E-state index in [2.05, 4.69) is 5.32 Å². The van der Waals surface area contributed by atoms with Gasteiger partial charge in [-0.3, -0.25) is 4.79 Å². The Kier molecular flexibility index (Phi) is 3.62. The number of amides is 1. The molecule has 0 saturated heterocycles. The number of halogens is 1. The van der Waals surface area contributed by atoms with Crippen LogP contribution < -0.4 is 5.32 Å². The van der Waals surface area contributed by atoms with E-state index in [1.54, 1.807) is 6.92 Å². The van der Waals surface area contributed by atoms with E-state index in [1.165, 1.54) is 12.8 Å². The number of nitrogens with one attached hydrogen (secondary N) is 1. The first kappa shape index (κ1) is 8.76. The molecule has 3 heteroatoms. The standard InChI is InChI=1S/C6H11NO.ClH/c1-5(8)7-4-6-2-3-6;/h6H,2-4H2,1H3,(H,7,8);1H. The van der Waals surface area contributed by atoms with E-state index in [1.807, 2.05) is 0 Å². The normalized spacial score (nSPS) is 16.1. The summed E-state index contributed by atoms with van der Waals surface area (Å²) in [6.07, 6.45) is 2.61. The Morgan fingerprint density at radius 3 is 2.56 bits per heavy atom. The molecule has 0 aromatic rings. The Balaban J connectivity index is 0.000000640. The Labute approximate surface area is 61.4 Å². The summed E-state index contributed by atoms with van der Waals surface area (Å²) in [5.41, 5.74) is 0. The molecule has 54 valence electrons. The lowest BCUT2D eigenvalue weighted by molar-refractivity contribution is -0.119. The van der Waals surface area contributed by atoms with E-state index in [4.69, 9.17) is 0 Å². The van der Waals surface area contributed by atoms with Crippen molar-refractivity contribution in [2.24, 2.45) is 5.92 Å². The Bertz CT molecular complexity index is 101. The third kappa shape index (κ3) is 4.28. The highest BCUT2D eigenvalue weighted by atomic mass is 35.5. The van der Waals surface area contributed by atoms with Gasteiger partial charge in [0.05, 0.1) is 0 Å². The van der Waals surface area contributed by atoms with Crippen LogP contribution in [0.25, 0.3) is 0 Å². The summed E-state index contributed by atoms with van der Waals surface area (Å²) < 4.78 is 0. The van der Waals surface area contributed by atoms with Crippen molar-refractivity contribution in [3.05, 3.63) is 0 Å². The van der Waals surface area contributed by atoms with Gasteiger partial charge >= 0.3 is 0 Å². The molecule has 0 spiro atoms. The maximum Gasteiger partial charge on any atom is 0.216 e. The molecular weight excluding hydrogens is 138 g/mol. The molecule has 0 heterocycles. The predicted molar refractivity (Wildman–Crippen MR) is 38.7 cm³/mol. The number of hydrogen-bond acceptors (Lipinski definition) is 1. The van der Waals surface area contributed by atoms with E-state index in [-0.39, 0.29) is 18.3 Å². The predicted octanol–water partition coefficient (Wildman–Crippen LogP) is 0.954. The first-order valence-electron chi connectivity index (χ1n) is 3.03. The van der Waals surface area contributed by atoms with Gasteiger partial charge in [0.25, 0.3) is 0 Å². The highest BCUT2D eigenvalue weighted by Gasteiger charge is 2.20. The minimum Gasteiger partial charge on any atom is -0.356 e. The largest absolute Gasteiger partial charge is 0.356 e. The first-order valence-corrected chi connectivity index (χ1v) is 3.03. The van der Waals surface area contributed by atoms with Crippen LogP contribution >= 0.6 is 12.4 Å². The Hall–Kier alpha value is -0.240. The Morgan fingerprint density at radius 2 is 2.22 bits per heavy atom. The molecule has 1 N–H and O–H groups in total. The first-order chi connectivity index (χ1) is 3.79. The lowest BCUT2D eigenvalue weighted by atomic mass is 10.4. The van der Waals surface area contributed by atoms with Gasteiger partial charge in [0, 0.05) is 13.5 Å². The minimum absolute atomic E-state index is 0. The van der Waals surface area contributed by atoms with Crippen molar-refractivity contribution in [2.75, 3.05) is 6.54 Å². The van der Waals surface area contributed by atoms with Gasteiger partial charge in [-0.15, -0.1) is 12.4 Å². The molecular formula is C6H12ClNO. The van der Waals surface area contributed by atoms with Crippen LogP contribution in [-0.2, 0) is 4.79 Å². The SMILES string of the molecule is CC(=O)NCC1CC1.Cl. The lowest BCUT2D eigenvalue weighted by Crippen LogP contribution is -2.21. The van der Waals surface area contributed by atoms with Gasteiger partial charge in [-0.2, -0.15) is 0 Å². The smallest absolute Gasteiger partial charge is 0.216 e. The fraction of sp³-hybridized carbons (Fsp3) is 0.833. The van der Waals surface area contributed by atoms with E-state index >= 15 is 0 Å². The molecule has 1 saturated carbocycles. The highest BCUT2D eigenvalue weighted by molar-refractivity contribution is 5.85. The Morgan fingerprint density at radius 1 is 1.67 bits per heavy atom. The molecule has 9 heavy (non-hydrogen) atoms. The molecule has 0 aromatic heterocycles. The number of hydrogen-bond donors (Lipinski definition) is 1. The molecule has 2 nitrogen and oxygen atoms in total. The zero-order valence-corrected chi connectivity index (χ0v) is 6.33. The van der Waals surface area contributed by atoms with Crippen molar-refractivity contribution in [3.63, 3.8) is 0 Å². The monoisotopic (exact) mass is 149 g/mol. The molecule has 1 fully saturated rings. The lowest BCUT2D eigenvalue weighted by Gasteiger charge is -1.95. The second-order valence-corrected chi connectivity index (χ2v) is 2.38. The van der Waals surface area contributed by atoms with Crippen LogP contribution in [0.3, 0.4) is 0 Å². The van der Waals surface area contributed by atoms with Crippen molar-refractivity contribution < 1.29 is 4.79 Å². The van der Waals surface area contributed by atoms with E-state index in [9.17, 15) is 4.79 Å². The topological polar surface area (TPSA) is 29.1 Å².